The van der Waals surface area contributed by atoms with Gasteiger partial charge in [0.15, 0.2) is 0 Å². The van der Waals surface area contributed by atoms with Crippen LogP contribution in [0.25, 0.3) is 28.2 Å². The van der Waals surface area contributed by atoms with E-state index in [1.807, 2.05) is 55.8 Å². The summed E-state index contributed by atoms with van der Waals surface area (Å²) in [5, 5.41) is 14.6. The maximum atomic E-state index is 13.6. The predicted octanol–water partition coefficient (Wildman–Crippen LogP) is 5.14. The molecule has 0 bridgehead atoms. The molecule has 4 unspecified atom stereocenters. The van der Waals surface area contributed by atoms with Crippen molar-refractivity contribution >= 4 is 46.6 Å². The zero-order valence-electron chi connectivity index (χ0n) is 31.7. The van der Waals surface area contributed by atoms with Crippen LogP contribution >= 0.6 is 0 Å². The topological polar surface area (TPSA) is 169 Å². The molecule has 54 heavy (non-hydrogen) atoms. The minimum absolute atomic E-state index is 0.105. The Morgan fingerprint density at radius 1 is 0.889 bits per heavy atom. The van der Waals surface area contributed by atoms with Gasteiger partial charge in [0, 0.05) is 31.4 Å². The number of fused-ring (bicyclic) bond motifs is 1. The first-order valence-corrected chi connectivity index (χ1v) is 18.9. The summed E-state index contributed by atoms with van der Waals surface area (Å²) in [5.41, 5.74) is 6.87. The maximum absolute atomic E-state index is 13.6. The van der Waals surface area contributed by atoms with Gasteiger partial charge in [-0.2, -0.15) is 0 Å². The van der Waals surface area contributed by atoms with E-state index in [1.54, 1.807) is 0 Å². The summed E-state index contributed by atoms with van der Waals surface area (Å²) in [6, 6.07) is 12.7. The number of benzene rings is 2. The molecule has 3 aliphatic heterocycles. The SMILES string of the molecule is COC(=O)NC(C(=O)N1CCCC1c1nc2ccc(-c3ccc(/C=C/C4=CN=C(C5CCCN5C(=O)C(NC(=O)CO)C(C)C)C4)cc3)cc2[nH]1)C(C)C. The number of aromatic amines is 1. The Hall–Kier alpha value is -5.30. The smallest absolute Gasteiger partial charge is 0.407 e. The Labute approximate surface area is 315 Å². The van der Waals surface area contributed by atoms with Gasteiger partial charge < -0.3 is 35.3 Å². The van der Waals surface area contributed by atoms with Gasteiger partial charge in [0.1, 0.15) is 24.5 Å². The van der Waals surface area contributed by atoms with Crippen LogP contribution in [0.1, 0.15) is 77.2 Å². The summed E-state index contributed by atoms with van der Waals surface area (Å²) in [5.74, 6) is -0.306. The number of hydrogen-bond donors (Lipinski definition) is 4. The van der Waals surface area contributed by atoms with Crippen LogP contribution in [-0.2, 0) is 19.1 Å². The number of hydrogen-bond acceptors (Lipinski definition) is 8. The maximum Gasteiger partial charge on any atom is 0.407 e. The molecule has 0 saturated carbocycles. The van der Waals surface area contributed by atoms with Gasteiger partial charge in [-0.05, 0) is 71.9 Å². The van der Waals surface area contributed by atoms with E-state index in [9.17, 15) is 24.3 Å². The molecule has 6 rings (SSSR count). The molecule has 4 N–H and O–H groups in total. The number of carbonyl (C=O) groups excluding carboxylic acids is 4. The summed E-state index contributed by atoms with van der Waals surface area (Å²) in [7, 11) is 1.29. The van der Waals surface area contributed by atoms with Crippen LogP contribution in [0.2, 0.25) is 0 Å². The molecule has 2 aromatic carbocycles. The number of aliphatic hydroxyl groups is 1. The number of imidazole rings is 1. The lowest BCUT2D eigenvalue weighted by Crippen LogP contribution is -2.54. The van der Waals surface area contributed by atoms with Crippen LogP contribution in [0.4, 0.5) is 4.79 Å². The van der Waals surface area contributed by atoms with Crippen LogP contribution < -0.4 is 10.6 Å². The van der Waals surface area contributed by atoms with E-state index in [2.05, 4.69) is 58.1 Å². The highest BCUT2D eigenvalue weighted by Gasteiger charge is 2.39. The Bertz CT molecular complexity index is 1960. The van der Waals surface area contributed by atoms with E-state index < -0.39 is 30.7 Å². The lowest BCUT2D eigenvalue weighted by molar-refractivity contribution is -0.138. The molecule has 0 radical (unpaired) electrons. The molecule has 0 spiro atoms. The average Bonchev–Trinajstić information content (AvgIpc) is 4.00. The number of allylic oxidation sites excluding steroid dienone is 2. The minimum Gasteiger partial charge on any atom is -0.453 e. The standard InChI is InChI=1S/C41H51N7O6/c1-24(2)36(45-35(50)23-49)39(51)47-18-6-8-33(47)32-20-27(22-42-32)11-10-26-12-14-28(15-13-26)29-16-17-30-31(21-29)44-38(43-30)34-9-7-19-48(34)40(52)37(25(3)4)46-41(53)54-5/h10-17,21-22,24-25,33-34,36-37,49H,6-9,18-20,23H2,1-5H3,(H,43,44)(H,45,50)(H,46,53)/b11-10+. The number of alkyl carbamates (subject to hydrolysis) is 1. The summed E-state index contributed by atoms with van der Waals surface area (Å²) in [4.78, 5) is 67.6. The number of amides is 4. The Morgan fingerprint density at radius 3 is 2.17 bits per heavy atom. The van der Waals surface area contributed by atoms with Gasteiger partial charge >= 0.3 is 6.09 Å². The Morgan fingerprint density at radius 2 is 1.52 bits per heavy atom. The van der Waals surface area contributed by atoms with Crippen LogP contribution in [-0.4, -0.2) is 99.3 Å². The second kappa shape index (κ2) is 16.8. The van der Waals surface area contributed by atoms with Gasteiger partial charge in [-0.25, -0.2) is 9.78 Å². The highest BCUT2D eigenvalue weighted by Crippen LogP contribution is 2.34. The fourth-order valence-corrected chi connectivity index (χ4v) is 7.61. The quantitative estimate of drug-likeness (QED) is 0.200. The molecular formula is C41H51N7O6. The molecule has 3 aromatic rings. The van der Waals surface area contributed by atoms with Gasteiger partial charge in [-0.15, -0.1) is 0 Å². The van der Waals surface area contributed by atoms with Crippen molar-refractivity contribution in [2.45, 2.75) is 84.0 Å². The van der Waals surface area contributed by atoms with Crippen molar-refractivity contribution in [1.82, 2.24) is 30.4 Å². The van der Waals surface area contributed by atoms with E-state index in [0.717, 1.165) is 70.5 Å². The number of aromatic nitrogens is 2. The molecule has 2 saturated heterocycles. The number of ether oxygens (including phenoxy) is 1. The summed E-state index contributed by atoms with van der Waals surface area (Å²) in [6.45, 7) is 8.14. The first-order chi connectivity index (χ1) is 26.0. The number of likely N-dealkylation sites (tertiary alicyclic amines) is 2. The number of carbonyl (C=O) groups is 4. The van der Waals surface area contributed by atoms with E-state index >= 15 is 0 Å². The third kappa shape index (κ3) is 8.41. The molecule has 13 nitrogen and oxygen atoms in total. The molecule has 286 valence electrons. The highest BCUT2D eigenvalue weighted by atomic mass is 16.5. The molecule has 3 aliphatic rings. The Balaban J connectivity index is 1.08. The zero-order valence-corrected chi connectivity index (χ0v) is 31.7. The van der Waals surface area contributed by atoms with Crippen LogP contribution in [0.15, 0.2) is 65.3 Å². The monoisotopic (exact) mass is 737 g/mol. The van der Waals surface area contributed by atoms with E-state index in [4.69, 9.17) is 14.7 Å². The summed E-state index contributed by atoms with van der Waals surface area (Å²) in [6.07, 6.45) is 9.36. The zero-order chi connectivity index (χ0) is 38.5. The molecule has 0 aliphatic carbocycles. The van der Waals surface area contributed by atoms with Crippen LogP contribution in [0.5, 0.6) is 0 Å². The third-order valence-electron chi connectivity index (χ3n) is 10.6. The van der Waals surface area contributed by atoms with E-state index in [1.165, 1.54) is 7.11 Å². The van der Waals surface area contributed by atoms with Crippen molar-refractivity contribution in [3.63, 3.8) is 0 Å². The third-order valence-corrected chi connectivity index (χ3v) is 10.6. The average molecular weight is 738 g/mol. The number of aliphatic imine (C=N–C) groups is 1. The molecule has 13 heteroatoms. The summed E-state index contributed by atoms with van der Waals surface area (Å²) < 4.78 is 4.76. The Kier molecular flexibility index (Phi) is 12.0. The van der Waals surface area contributed by atoms with Gasteiger partial charge in [0.05, 0.1) is 30.2 Å². The van der Waals surface area contributed by atoms with Crippen molar-refractivity contribution in [2.24, 2.45) is 16.8 Å². The molecule has 4 amide bonds. The first-order valence-electron chi connectivity index (χ1n) is 18.9. The molecule has 4 atom stereocenters. The largest absolute Gasteiger partial charge is 0.453 e. The van der Waals surface area contributed by atoms with E-state index in [-0.39, 0.29) is 35.7 Å². The molecule has 1 aromatic heterocycles. The fourth-order valence-electron chi connectivity index (χ4n) is 7.61. The van der Waals surface area contributed by atoms with Crippen molar-refractivity contribution in [3.05, 3.63) is 71.7 Å². The lowest BCUT2D eigenvalue weighted by Gasteiger charge is -2.31. The van der Waals surface area contributed by atoms with Gasteiger partial charge in [0.25, 0.3) is 0 Å². The van der Waals surface area contributed by atoms with Crippen molar-refractivity contribution in [3.8, 4) is 11.1 Å². The highest BCUT2D eigenvalue weighted by molar-refractivity contribution is 5.99. The number of H-pyrrole nitrogens is 1. The first kappa shape index (κ1) is 38.4. The van der Waals surface area contributed by atoms with Gasteiger partial charge in [-0.3, -0.25) is 19.4 Å². The number of nitrogens with zero attached hydrogens (tertiary/aromatic N) is 4. The number of aliphatic hydroxyl groups excluding tert-OH is 1. The molecule has 4 heterocycles. The summed E-state index contributed by atoms with van der Waals surface area (Å²) >= 11 is 0. The van der Waals surface area contributed by atoms with Gasteiger partial charge in [-0.1, -0.05) is 70.2 Å². The second-order valence-electron chi connectivity index (χ2n) is 15.0. The molecular weight excluding hydrogens is 686 g/mol. The van der Waals surface area contributed by atoms with Crippen molar-refractivity contribution in [2.75, 3.05) is 26.8 Å². The van der Waals surface area contributed by atoms with Crippen molar-refractivity contribution in [1.29, 1.82) is 0 Å². The van der Waals surface area contributed by atoms with Gasteiger partial charge in [0.2, 0.25) is 17.7 Å². The van der Waals surface area contributed by atoms with Crippen LogP contribution in [0, 0.1) is 11.8 Å². The number of nitrogens with one attached hydrogen (secondary N) is 3. The van der Waals surface area contributed by atoms with Crippen molar-refractivity contribution < 1.29 is 29.0 Å². The number of methoxy groups -OCH3 is 1. The second-order valence-corrected chi connectivity index (χ2v) is 15.0. The normalized spacial score (nSPS) is 19.8. The minimum atomic E-state index is -0.691. The lowest BCUT2D eigenvalue weighted by atomic mass is 9.99. The van der Waals surface area contributed by atoms with E-state index in [0.29, 0.717) is 19.5 Å². The predicted molar refractivity (Wildman–Crippen MR) is 207 cm³/mol. The number of rotatable bonds is 12. The molecule has 2 fully saturated rings. The van der Waals surface area contributed by atoms with Crippen LogP contribution in [0.3, 0.4) is 0 Å². The fraction of sp³-hybridized carbons (Fsp3) is 0.463.